The van der Waals surface area contributed by atoms with E-state index in [0.29, 0.717) is 30.3 Å². The van der Waals surface area contributed by atoms with Crippen LogP contribution < -0.4 is 10.1 Å². The van der Waals surface area contributed by atoms with Crippen LogP contribution in [0.1, 0.15) is 44.4 Å². The molecule has 0 atom stereocenters. The second-order valence-corrected chi connectivity index (χ2v) is 9.08. The Morgan fingerprint density at radius 2 is 1.61 bits per heavy atom. The highest BCUT2D eigenvalue weighted by Crippen LogP contribution is 2.31. The number of benzene rings is 2. The maximum absolute atomic E-state index is 13.3. The van der Waals surface area contributed by atoms with Crippen LogP contribution in [0.3, 0.4) is 0 Å². The normalized spacial score (nSPS) is 14.1. The minimum atomic E-state index is -0.347. The minimum Gasteiger partial charge on any atom is -0.493 e. The lowest BCUT2D eigenvalue weighted by atomic mass is 10.0. The molecular weight excluding hydrogens is 416 g/mol. The van der Waals surface area contributed by atoms with Crippen molar-refractivity contribution in [2.75, 3.05) is 25.1 Å². The molecule has 1 aliphatic rings. The van der Waals surface area contributed by atoms with E-state index in [-0.39, 0.29) is 30.2 Å². The maximum Gasteiger partial charge on any atom is 0.278 e. The van der Waals surface area contributed by atoms with Crippen LogP contribution in [-0.4, -0.2) is 42.6 Å². The third-order valence-corrected chi connectivity index (χ3v) is 5.44. The number of carbonyl (C=O) groups excluding carboxylic acids is 2. The monoisotopic (exact) mass is 450 g/mol. The predicted octanol–water partition coefficient (Wildman–Crippen LogP) is 4.96. The predicted molar refractivity (Wildman–Crippen MR) is 131 cm³/mol. The highest BCUT2D eigenvalue weighted by atomic mass is 16.5. The first kappa shape index (κ1) is 24.5. The molecule has 176 valence electrons. The fourth-order valence-electron chi connectivity index (χ4n) is 3.49. The first-order valence-corrected chi connectivity index (χ1v) is 11.5. The summed E-state index contributed by atoms with van der Waals surface area (Å²) < 4.78 is 11.4. The second kappa shape index (κ2) is 10.7. The van der Waals surface area contributed by atoms with Gasteiger partial charge in [0.25, 0.3) is 11.8 Å². The number of imide groups is 1. The Morgan fingerprint density at radius 3 is 2.21 bits per heavy atom. The van der Waals surface area contributed by atoms with E-state index in [0.717, 1.165) is 22.6 Å². The first-order valence-electron chi connectivity index (χ1n) is 11.5. The van der Waals surface area contributed by atoms with Gasteiger partial charge in [-0.15, -0.1) is 0 Å². The molecule has 33 heavy (non-hydrogen) atoms. The van der Waals surface area contributed by atoms with Gasteiger partial charge < -0.3 is 14.8 Å². The highest BCUT2D eigenvalue weighted by Gasteiger charge is 2.39. The summed E-state index contributed by atoms with van der Waals surface area (Å²) in [5, 5.41) is 3.22. The van der Waals surface area contributed by atoms with Crippen LogP contribution in [0.2, 0.25) is 0 Å². The molecule has 6 nitrogen and oxygen atoms in total. The Morgan fingerprint density at radius 1 is 0.909 bits per heavy atom. The number of ether oxygens (including phenoxy) is 2. The van der Waals surface area contributed by atoms with E-state index in [2.05, 4.69) is 19.2 Å². The van der Waals surface area contributed by atoms with Crippen molar-refractivity contribution in [3.63, 3.8) is 0 Å². The molecule has 2 amide bonds. The molecular formula is C27H34N2O4. The lowest BCUT2D eigenvalue weighted by Gasteiger charge is -2.16. The number of nitrogens with zero attached hydrogens (tertiary/aromatic N) is 1. The number of aryl methyl sites for hydroxylation is 2. The number of amides is 2. The summed E-state index contributed by atoms with van der Waals surface area (Å²) in [6.07, 6.45) is 0.0248. The molecule has 1 N–H and O–H groups in total. The fourth-order valence-corrected chi connectivity index (χ4v) is 3.49. The molecule has 0 unspecified atom stereocenters. The van der Waals surface area contributed by atoms with Crippen molar-refractivity contribution < 1.29 is 19.1 Å². The zero-order valence-electron chi connectivity index (χ0n) is 20.4. The first-order chi connectivity index (χ1) is 15.7. The molecule has 0 aromatic heterocycles. The molecule has 6 heteroatoms. The fraction of sp³-hybridized carbons (Fsp3) is 0.407. The van der Waals surface area contributed by atoms with E-state index >= 15 is 0 Å². The van der Waals surface area contributed by atoms with Gasteiger partial charge in [-0.3, -0.25) is 14.5 Å². The van der Waals surface area contributed by atoms with Crippen LogP contribution in [0.4, 0.5) is 5.69 Å². The van der Waals surface area contributed by atoms with Crippen molar-refractivity contribution in [1.29, 1.82) is 0 Å². The van der Waals surface area contributed by atoms with Crippen molar-refractivity contribution in [2.45, 2.75) is 47.6 Å². The SMILES string of the molecule is Cc1ccc(NC2=C(c3ccc(OCC(C)C)cc3)C(=O)N(CCOC(C)C)C2=O)cc1C. The van der Waals surface area contributed by atoms with E-state index in [1.165, 1.54) is 4.90 Å². The highest BCUT2D eigenvalue weighted by molar-refractivity contribution is 6.36. The van der Waals surface area contributed by atoms with Crippen LogP contribution in [0.5, 0.6) is 5.75 Å². The van der Waals surface area contributed by atoms with Gasteiger partial charge in [0.15, 0.2) is 0 Å². The summed E-state index contributed by atoms with van der Waals surface area (Å²) in [5.74, 6) is 0.475. The number of nitrogens with one attached hydrogen (secondary N) is 1. The zero-order chi connectivity index (χ0) is 24.1. The van der Waals surface area contributed by atoms with Crippen LogP contribution in [-0.2, 0) is 14.3 Å². The summed E-state index contributed by atoms with van der Waals surface area (Å²) in [7, 11) is 0. The molecule has 0 fully saturated rings. The molecule has 2 aromatic carbocycles. The molecule has 0 bridgehead atoms. The Bertz CT molecular complexity index is 1040. The molecule has 0 spiro atoms. The van der Waals surface area contributed by atoms with Gasteiger partial charge in [-0.2, -0.15) is 0 Å². The standard InChI is InChI=1S/C27H34N2O4/c1-17(2)16-33-23-11-8-21(9-12-23)24-25(28-22-10-7-19(5)20(6)15-22)27(31)29(26(24)30)13-14-32-18(3)4/h7-12,15,17-18,28H,13-14,16H2,1-6H3. The van der Waals surface area contributed by atoms with Crippen LogP contribution >= 0.6 is 0 Å². The summed E-state index contributed by atoms with van der Waals surface area (Å²) in [6, 6.07) is 13.2. The molecule has 3 rings (SSSR count). The van der Waals surface area contributed by atoms with E-state index < -0.39 is 0 Å². The Balaban J connectivity index is 1.93. The van der Waals surface area contributed by atoms with Crippen molar-refractivity contribution >= 4 is 23.1 Å². The van der Waals surface area contributed by atoms with Gasteiger partial charge in [-0.1, -0.05) is 32.0 Å². The summed E-state index contributed by atoms with van der Waals surface area (Å²) >= 11 is 0. The minimum absolute atomic E-state index is 0.0248. The second-order valence-electron chi connectivity index (χ2n) is 9.08. The summed E-state index contributed by atoms with van der Waals surface area (Å²) in [4.78, 5) is 27.9. The Hall–Kier alpha value is -3.12. The average molecular weight is 451 g/mol. The van der Waals surface area contributed by atoms with E-state index in [1.54, 1.807) is 0 Å². The lowest BCUT2D eigenvalue weighted by Crippen LogP contribution is -2.35. The van der Waals surface area contributed by atoms with Gasteiger partial charge in [0.05, 0.1) is 31.4 Å². The van der Waals surface area contributed by atoms with Gasteiger partial charge in [-0.25, -0.2) is 0 Å². The van der Waals surface area contributed by atoms with Crippen molar-refractivity contribution in [1.82, 2.24) is 4.90 Å². The van der Waals surface area contributed by atoms with Gasteiger partial charge in [0, 0.05) is 5.69 Å². The third-order valence-electron chi connectivity index (χ3n) is 5.44. The number of hydrogen-bond donors (Lipinski definition) is 1. The van der Waals surface area contributed by atoms with Gasteiger partial charge in [0.1, 0.15) is 11.4 Å². The molecule has 0 radical (unpaired) electrons. The lowest BCUT2D eigenvalue weighted by molar-refractivity contribution is -0.137. The Labute approximate surface area is 196 Å². The Kier molecular flexibility index (Phi) is 7.92. The van der Waals surface area contributed by atoms with E-state index in [4.69, 9.17) is 9.47 Å². The number of anilines is 1. The quantitative estimate of drug-likeness (QED) is 0.519. The van der Waals surface area contributed by atoms with Gasteiger partial charge in [-0.05, 0) is 74.6 Å². The van der Waals surface area contributed by atoms with E-state index in [9.17, 15) is 9.59 Å². The number of hydrogen-bond acceptors (Lipinski definition) is 5. The topological polar surface area (TPSA) is 67.9 Å². The zero-order valence-corrected chi connectivity index (χ0v) is 20.4. The van der Waals surface area contributed by atoms with Gasteiger partial charge in [0.2, 0.25) is 0 Å². The number of rotatable bonds is 10. The molecule has 1 aliphatic heterocycles. The summed E-state index contributed by atoms with van der Waals surface area (Å²) in [5.41, 5.74) is 4.34. The van der Waals surface area contributed by atoms with Crippen LogP contribution in [0, 0.1) is 19.8 Å². The largest absolute Gasteiger partial charge is 0.493 e. The van der Waals surface area contributed by atoms with Crippen molar-refractivity contribution in [3.05, 3.63) is 64.9 Å². The molecule has 2 aromatic rings. The van der Waals surface area contributed by atoms with Gasteiger partial charge >= 0.3 is 0 Å². The smallest absolute Gasteiger partial charge is 0.278 e. The van der Waals surface area contributed by atoms with E-state index in [1.807, 2.05) is 70.2 Å². The van der Waals surface area contributed by atoms with Crippen molar-refractivity contribution in [2.24, 2.45) is 5.92 Å². The van der Waals surface area contributed by atoms with Crippen LogP contribution in [0.15, 0.2) is 48.2 Å². The molecule has 0 saturated heterocycles. The average Bonchev–Trinajstić information content (AvgIpc) is 2.99. The number of carbonyl (C=O) groups is 2. The summed E-state index contributed by atoms with van der Waals surface area (Å²) in [6.45, 7) is 13.2. The molecule has 1 heterocycles. The maximum atomic E-state index is 13.3. The third kappa shape index (κ3) is 6.02. The molecule has 0 aliphatic carbocycles. The molecule has 0 saturated carbocycles. The van der Waals surface area contributed by atoms with Crippen molar-refractivity contribution in [3.8, 4) is 5.75 Å². The van der Waals surface area contributed by atoms with Crippen LogP contribution in [0.25, 0.3) is 5.57 Å².